The number of methoxy groups -OCH3 is 1. The number of nitro benzene ring substituents is 1. The van der Waals surface area contributed by atoms with E-state index in [9.17, 15) is 14.9 Å². The van der Waals surface area contributed by atoms with Crippen LogP contribution in [-0.2, 0) is 4.79 Å². The lowest BCUT2D eigenvalue weighted by Crippen LogP contribution is -2.19. The van der Waals surface area contributed by atoms with Crippen molar-refractivity contribution in [3.63, 3.8) is 0 Å². The molecule has 32 heavy (non-hydrogen) atoms. The van der Waals surface area contributed by atoms with Gasteiger partial charge in [-0.15, -0.1) is 0 Å². The van der Waals surface area contributed by atoms with E-state index in [-0.39, 0.29) is 17.3 Å². The fourth-order valence-electron chi connectivity index (χ4n) is 2.81. The molecule has 2 aromatic heterocycles. The molecular weight excluding hydrogens is 436 g/mol. The summed E-state index contributed by atoms with van der Waals surface area (Å²) in [5.74, 6) is 0.863. The van der Waals surface area contributed by atoms with Gasteiger partial charge in [0, 0.05) is 12.1 Å². The maximum atomic E-state index is 12.0. The van der Waals surface area contributed by atoms with E-state index in [0.717, 1.165) is 17.3 Å². The highest BCUT2D eigenvalue weighted by molar-refractivity contribution is 7.99. The third-order valence-corrected chi connectivity index (χ3v) is 5.10. The molecule has 0 saturated carbocycles. The van der Waals surface area contributed by atoms with Crippen LogP contribution in [0.2, 0.25) is 0 Å². The second-order valence-corrected chi connectivity index (χ2v) is 7.30. The van der Waals surface area contributed by atoms with Crippen LogP contribution >= 0.6 is 11.8 Å². The van der Waals surface area contributed by atoms with Crippen LogP contribution in [0.15, 0.2) is 73.8 Å². The van der Waals surface area contributed by atoms with Crippen molar-refractivity contribution >= 4 is 40.7 Å². The zero-order valence-electron chi connectivity index (χ0n) is 16.7. The minimum absolute atomic E-state index is 0.0679. The number of non-ortho nitro benzene ring substituents is 1. The molecule has 0 fully saturated rings. The van der Waals surface area contributed by atoms with Crippen molar-refractivity contribution in [1.29, 1.82) is 0 Å². The van der Waals surface area contributed by atoms with Gasteiger partial charge in [0.1, 0.15) is 22.8 Å². The van der Waals surface area contributed by atoms with Crippen LogP contribution < -0.4 is 10.2 Å². The molecule has 1 amide bonds. The Balaban J connectivity index is 1.36. The lowest BCUT2D eigenvalue weighted by molar-refractivity contribution is -0.384. The van der Waals surface area contributed by atoms with Crippen molar-refractivity contribution in [2.45, 2.75) is 5.22 Å². The van der Waals surface area contributed by atoms with Crippen LogP contribution in [0.25, 0.3) is 22.4 Å². The number of carbonyl (C=O) groups is 1. The standard InChI is InChI=1S/C21H16N4O6S/c1-29-17-8-6-13(25(27)28)10-15(17)18-9-7-14(30-18)11-22-24-20(26)12-32-21-23-16-4-2-3-5-19(16)31-21/h2-11H,12H2,1H3,(H,24,26)/b22-11-. The Morgan fingerprint density at radius 3 is 2.88 bits per heavy atom. The number of nitrogens with one attached hydrogen (secondary N) is 1. The molecule has 2 aromatic carbocycles. The summed E-state index contributed by atoms with van der Waals surface area (Å²) < 4.78 is 16.5. The summed E-state index contributed by atoms with van der Waals surface area (Å²) in [5.41, 5.74) is 4.12. The lowest BCUT2D eigenvalue weighted by atomic mass is 10.1. The van der Waals surface area contributed by atoms with Gasteiger partial charge < -0.3 is 13.6 Å². The van der Waals surface area contributed by atoms with Gasteiger partial charge in [0.2, 0.25) is 0 Å². The number of furan rings is 1. The predicted octanol–water partition coefficient (Wildman–Crippen LogP) is 4.25. The molecule has 0 saturated heterocycles. The van der Waals surface area contributed by atoms with Gasteiger partial charge in [-0.05, 0) is 30.3 Å². The number of thioether (sulfide) groups is 1. The number of ether oxygens (including phenoxy) is 1. The fourth-order valence-corrected chi connectivity index (χ4v) is 3.44. The quantitative estimate of drug-likeness (QED) is 0.182. The largest absolute Gasteiger partial charge is 0.496 e. The van der Waals surface area contributed by atoms with Gasteiger partial charge >= 0.3 is 0 Å². The third kappa shape index (κ3) is 4.78. The van der Waals surface area contributed by atoms with Crippen LogP contribution in [0.5, 0.6) is 5.75 Å². The fraction of sp³-hybridized carbons (Fsp3) is 0.0952. The van der Waals surface area contributed by atoms with Crippen molar-refractivity contribution in [3.05, 3.63) is 70.5 Å². The van der Waals surface area contributed by atoms with Crippen LogP contribution in [0, 0.1) is 10.1 Å². The summed E-state index contributed by atoms with van der Waals surface area (Å²) in [7, 11) is 1.46. The zero-order chi connectivity index (χ0) is 22.5. The minimum atomic E-state index is -0.497. The van der Waals surface area contributed by atoms with E-state index < -0.39 is 4.92 Å². The average Bonchev–Trinajstić information content (AvgIpc) is 3.44. The first-order chi connectivity index (χ1) is 15.5. The SMILES string of the molecule is COc1ccc([N+](=O)[O-])cc1-c1ccc(/C=N\NC(=O)CSc2nc3ccccc3o2)o1. The number of nitrogens with zero attached hydrogens (tertiary/aromatic N) is 3. The first-order valence-electron chi connectivity index (χ1n) is 9.26. The van der Waals surface area contributed by atoms with Crippen LogP contribution in [-0.4, -0.2) is 34.9 Å². The van der Waals surface area contributed by atoms with E-state index in [1.165, 1.54) is 31.5 Å². The third-order valence-electron chi connectivity index (χ3n) is 4.27. The summed E-state index contributed by atoms with van der Waals surface area (Å²) in [5, 5.41) is 15.3. The van der Waals surface area contributed by atoms with Gasteiger partial charge in [-0.2, -0.15) is 5.10 Å². The Morgan fingerprint density at radius 1 is 1.25 bits per heavy atom. The molecular formula is C21H16N4O6S. The van der Waals surface area contributed by atoms with Crippen molar-refractivity contribution in [2.24, 2.45) is 5.10 Å². The van der Waals surface area contributed by atoms with E-state index >= 15 is 0 Å². The number of fused-ring (bicyclic) bond motifs is 1. The number of para-hydroxylation sites is 2. The maximum Gasteiger partial charge on any atom is 0.270 e. The van der Waals surface area contributed by atoms with Gasteiger partial charge in [-0.3, -0.25) is 14.9 Å². The van der Waals surface area contributed by atoms with Crippen LogP contribution in [0.1, 0.15) is 5.76 Å². The number of rotatable bonds is 8. The molecule has 4 rings (SSSR count). The normalized spacial score (nSPS) is 11.2. The first kappa shape index (κ1) is 21.1. The highest BCUT2D eigenvalue weighted by atomic mass is 32.2. The van der Waals surface area contributed by atoms with E-state index in [2.05, 4.69) is 15.5 Å². The summed E-state index contributed by atoms with van der Waals surface area (Å²) in [6.45, 7) is 0. The molecule has 162 valence electrons. The summed E-state index contributed by atoms with van der Waals surface area (Å²) >= 11 is 1.15. The van der Waals surface area contributed by atoms with E-state index in [0.29, 0.717) is 33.6 Å². The Morgan fingerprint density at radius 2 is 2.09 bits per heavy atom. The number of oxazole rings is 1. The van der Waals surface area contributed by atoms with E-state index in [1.807, 2.05) is 18.2 Å². The number of carbonyl (C=O) groups excluding carboxylic acids is 1. The van der Waals surface area contributed by atoms with Gasteiger partial charge in [-0.25, -0.2) is 10.4 Å². The number of hydrogen-bond acceptors (Lipinski definition) is 9. The van der Waals surface area contributed by atoms with Gasteiger partial charge in [0.25, 0.3) is 16.8 Å². The summed E-state index contributed by atoms with van der Waals surface area (Å²) in [6.07, 6.45) is 1.33. The molecule has 0 spiro atoms. The van der Waals surface area contributed by atoms with Crippen LogP contribution in [0.4, 0.5) is 5.69 Å². The first-order valence-corrected chi connectivity index (χ1v) is 10.2. The van der Waals surface area contributed by atoms with Crippen molar-refractivity contribution < 1.29 is 23.3 Å². The Labute approximate surface area is 185 Å². The molecule has 11 heteroatoms. The summed E-state index contributed by atoms with van der Waals surface area (Å²) in [6, 6.07) is 14.8. The Hall–Kier alpha value is -4.12. The monoisotopic (exact) mass is 452 g/mol. The molecule has 0 aliphatic carbocycles. The molecule has 2 heterocycles. The molecule has 0 bridgehead atoms. The second kappa shape index (κ2) is 9.35. The van der Waals surface area contributed by atoms with Gasteiger partial charge in [-0.1, -0.05) is 23.9 Å². The lowest BCUT2D eigenvalue weighted by Gasteiger charge is -2.05. The molecule has 1 N–H and O–H groups in total. The van der Waals surface area contributed by atoms with Gasteiger partial charge in [0.05, 0.1) is 29.6 Å². The summed E-state index contributed by atoms with van der Waals surface area (Å²) in [4.78, 5) is 26.8. The van der Waals surface area contributed by atoms with Crippen molar-refractivity contribution in [3.8, 4) is 17.1 Å². The highest BCUT2D eigenvalue weighted by Crippen LogP contribution is 2.34. The minimum Gasteiger partial charge on any atom is -0.496 e. The average molecular weight is 452 g/mol. The topological polar surface area (TPSA) is 133 Å². The van der Waals surface area contributed by atoms with Gasteiger partial charge in [0.15, 0.2) is 5.58 Å². The molecule has 0 aliphatic rings. The number of amides is 1. The number of hydrogen-bond donors (Lipinski definition) is 1. The molecule has 0 atom stereocenters. The Bertz CT molecular complexity index is 1280. The zero-order valence-corrected chi connectivity index (χ0v) is 17.5. The molecule has 4 aromatic rings. The van der Waals surface area contributed by atoms with Crippen LogP contribution in [0.3, 0.4) is 0 Å². The van der Waals surface area contributed by atoms with Crippen molar-refractivity contribution in [2.75, 3.05) is 12.9 Å². The molecule has 0 unspecified atom stereocenters. The smallest absolute Gasteiger partial charge is 0.270 e. The number of aromatic nitrogens is 1. The number of benzene rings is 2. The molecule has 0 aliphatic heterocycles. The van der Waals surface area contributed by atoms with E-state index in [4.69, 9.17) is 13.6 Å². The number of nitro groups is 1. The second-order valence-electron chi connectivity index (χ2n) is 6.37. The van der Waals surface area contributed by atoms with Crippen molar-refractivity contribution in [1.82, 2.24) is 10.4 Å². The maximum absolute atomic E-state index is 12.0. The highest BCUT2D eigenvalue weighted by Gasteiger charge is 2.16. The molecule has 0 radical (unpaired) electrons. The predicted molar refractivity (Wildman–Crippen MR) is 118 cm³/mol. The Kier molecular flexibility index (Phi) is 6.17. The van der Waals surface area contributed by atoms with E-state index in [1.54, 1.807) is 18.2 Å². The molecule has 10 nitrogen and oxygen atoms in total. The number of hydrazone groups is 1.